The summed E-state index contributed by atoms with van der Waals surface area (Å²) in [4.78, 5) is 10.4. The van der Waals surface area contributed by atoms with Crippen molar-refractivity contribution in [3.05, 3.63) is 206 Å². The molecular formula is C52H34N4. The van der Waals surface area contributed by atoms with Crippen LogP contribution in [0.4, 0.5) is 0 Å². The summed E-state index contributed by atoms with van der Waals surface area (Å²) in [6, 6.07) is 73.2. The molecule has 0 aliphatic rings. The zero-order valence-corrected chi connectivity index (χ0v) is 30.4. The molecule has 0 unspecified atom stereocenters. The molecule has 0 N–H and O–H groups in total. The normalized spacial score (nSPS) is 11.6. The monoisotopic (exact) mass is 714 g/mol. The topological polar surface area (TPSA) is 35.6 Å². The molecule has 262 valence electrons. The molecule has 0 aliphatic heterocycles. The molecule has 0 saturated carbocycles. The quantitative estimate of drug-likeness (QED) is 0.172. The van der Waals surface area contributed by atoms with Gasteiger partial charge >= 0.3 is 0 Å². The largest absolute Gasteiger partial charge is 0.309 e. The average Bonchev–Trinajstić information content (AvgIpc) is 3.80. The zero-order valence-electron chi connectivity index (χ0n) is 30.4. The molecule has 4 nitrogen and oxygen atoms in total. The lowest BCUT2D eigenvalue weighted by molar-refractivity contribution is 0.995. The van der Waals surface area contributed by atoms with Crippen molar-refractivity contribution in [3.8, 4) is 56.4 Å². The van der Waals surface area contributed by atoms with Crippen LogP contribution in [0.25, 0.3) is 100 Å². The number of benzene rings is 8. The van der Waals surface area contributed by atoms with Gasteiger partial charge in [0.15, 0.2) is 0 Å². The van der Waals surface area contributed by atoms with E-state index in [1.54, 1.807) is 0 Å². The molecule has 11 aromatic rings. The lowest BCUT2D eigenvalue weighted by Crippen LogP contribution is -2.03. The Kier molecular flexibility index (Phi) is 7.46. The van der Waals surface area contributed by atoms with Crippen molar-refractivity contribution in [3.63, 3.8) is 0 Å². The van der Waals surface area contributed by atoms with E-state index < -0.39 is 0 Å². The maximum atomic E-state index is 5.20. The van der Waals surface area contributed by atoms with Gasteiger partial charge in [0.05, 0.1) is 33.5 Å². The summed E-state index contributed by atoms with van der Waals surface area (Å²) in [5, 5.41) is 4.85. The molecule has 56 heavy (non-hydrogen) atoms. The van der Waals surface area contributed by atoms with E-state index in [4.69, 9.17) is 9.97 Å². The van der Waals surface area contributed by atoms with Crippen molar-refractivity contribution in [2.45, 2.75) is 0 Å². The van der Waals surface area contributed by atoms with Crippen LogP contribution in [0, 0.1) is 0 Å². The minimum absolute atomic E-state index is 0.649. The molecule has 3 aromatic heterocycles. The van der Waals surface area contributed by atoms with Gasteiger partial charge < -0.3 is 4.57 Å². The summed E-state index contributed by atoms with van der Waals surface area (Å²) in [7, 11) is 0. The molecule has 0 spiro atoms. The van der Waals surface area contributed by atoms with E-state index >= 15 is 0 Å². The molecule has 8 aromatic carbocycles. The van der Waals surface area contributed by atoms with Crippen molar-refractivity contribution >= 4 is 43.6 Å². The highest BCUT2D eigenvalue weighted by Crippen LogP contribution is 2.40. The lowest BCUT2D eigenvalue weighted by atomic mass is 9.96. The first-order valence-corrected chi connectivity index (χ1v) is 19.0. The number of hydrogen-bond donors (Lipinski definition) is 0. The standard InChI is InChI=1S/C52H34N4/c1-4-15-37(16-5-1)45-34-46(38-17-6-2-7-18-38)54-52(53-45)56-47-24-12-10-21-42(47)44-33-39(31-32-49(44)56)35-27-29-36(30-28-35)41-23-14-26-50-51(41)43-22-11-13-25-48(43)55(50)40-19-8-3-9-20-40/h1-34H. The summed E-state index contributed by atoms with van der Waals surface area (Å²) in [5.41, 5.74) is 14.3. The van der Waals surface area contributed by atoms with Gasteiger partial charge in [-0.05, 0) is 70.8 Å². The third kappa shape index (κ3) is 5.23. The molecule has 0 bridgehead atoms. The highest BCUT2D eigenvalue weighted by atomic mass is 15.2. The summed E-state index contributed by atoms with van der Waals surface area (Å²) < 4.78 is 4.59. The molecule has 4 heteroatoms. The van der Waals surface area contributed by atoms with Gasteiger partial charge in [0.2, 0.25) is 5.95 Å². The summed E-state index contributed by atoms with van der Waals surface area (Å²) in [6.45, 7) is 0. The van der Waals surface area contributed by atoms with Gasteiger partial charge in [-0.25, -0.2) is 9.97 Å². The molecule has 3 heterocycles. The van der Waals surface area contributed by atoms with Crippen LogP contribution >= 0.6 is 0 Å². The molecule has 0 amide bonds. The van der Waals surface area contributed by atoms with Crippen LogP contribution in [0.3, 0.4) is 0 Å². The molecule has 0 atom stereocenters. The first kappa shape index (κ1) is 31.9. The van der Waals surface area contributed by atoms with Crippen LogP contribution in [0.15, 0.2) is 206 Å². The Morgan fingerprint density at radius 3 is 1.50 bits per heavy atom. The van der Waals surface area contributed by atoms with Gasteiger partial charge in [0.1, 0.15) is 0 Å². The minimum atomic E-state index is 0.649. The van der Waals surface area contributed by atoms with Gasteiger partial charge in [-0.3, -0.25) is 4.57 Å². The second-order valence-electron chi connectivity index (χ2n) is 14.2. The second-order valence-corrected chi connectivity index (χ2v) is 14.2. The van der Waals surface area contributed by atoms with Crippen molar-refractivity contribution in [1.82, 2.24) is 19.1 Å². The first-order valence-electron chi connectivity index (χ1n) is 19.0. The lowest BCUT2D eigenvalue weighted by Gasteiger charge is -2.12. The van der Waals surface area contributed by atoms with Crippen molar-refractivity contribution < 1.29 is 0 Å². The number of fused-ring (bicyclic) bond motifs is 6. The van der Waals surface area contributed by atoms with Crippen LogP contribution in [-0.4, -0.2) is 19.1 Å². The Bertz CT molecular complexity index is 3160. The Balaban J connectivity index is 1.03. The van der Waals surface area contributed by atoms with E-state index in [0.717, 1.165) is 55.6 Å². The Labute approximate surface area is 324 Å². The Hall–Kier alpha value is -7.56. The number of hydrogen-bond acceptors (Lipinski definition) is 2. The number of aromatic nitrogens is 4. The predicted molar refractivity (Wildman–Crippen MR) is 232 cm³/mol. The minimum Gasteiger partial charge on any atom is -0.309 e. The van der Waals surface area contributed by atoms with Crippen LogP contribution in [0.2, 0.25) is 0 Å². The number of rotatable bonds is 6. The van der Waals surface area contributed by atoms with Gasteiger partial charge in [0.25, 0.3) is 0 Å². The summed E-state index contributed by atoms with van der Waals surface area (Å²) >= 11 is 0. The zero-order chi connectivity index (χ0) is 37.0. The number of para-hydroxylation sites is 3. The second kappa shape index (κ2) is 13.1. The molecule has 11 rings (SSSR count). The van der Waals surface area contributed by atoms with E-state index in [2.05, 4.69) is 203 Å². The average molecular weight is 715 g/mol. The van der Waals surface area contributed by atoms with Crippen molar-refractivity contribution in [1.29, 1.82) is 0 Å². The molecule has 0 aliphatic carbocycles. The SMILES string of the molecule is c1ccc(-c2cc(-c3ccccc3)nc(-n3c4ccccc4c4cc(-c5ccc(-c6cccc7c6c6ccccc6n7-c6ccccc6)cc5)ccc43)n2)cc1. The van der Waals surface area contributed by atoms with Gasteiger partial charge in [-0.15, -0.1) is 0 Å². The van der Waals surface area contributed by atoms with E-state index in [1.807, 2.05) is 12.1 Å². The van der Waals surface area contributed by atoms with E-state index in [-0.39, 0.29) is 0 Å². The van der Waals surface area contributed by atoms with Crippen LogP contribution in [-0.2, 0) is 0 Å². The molecule has 0 saturated heterocycles. The van der Waals surface area contributed by atoms with E-state index in [9.17, 15) is 0 Å². The maximum Gasteiger partial charge on any atom is 0.235 e. The highest BCUT2D eigenvalue weighted by Gasteiger charge is 2.19. The summed E-state index contributed by atoms with van der Waals surface area (Å²) in [5.74, 6) is 0.649. The van der Waals surface area contributed by atoms with Crippen LogP contribution < -0.4 is 0 Å². The highest BCUT2D eigenvalue weighted by molar-refractivity contribution is 6.16. The fraction of sp³-hybridized carbons (Fsp3) is 0. The van der Waals surface area contributed by atoms with Crippen molar-refractivity contribution in [2.24, 2.45) is 0 Å². The smallest absolute Gasteiger partial charge is 0.235 e. The van der Waals surface area contributed by atoms with Crippen LogP contribution in [0.5, 0.6) is 0 Å². The van der Waals surface area contributed by atoms with Crippen molar-refractivity contribution in [2.75, 3.05) is 0 Å². The van der Waals surface area contributed by atoms with Gasteiger partial charge in [0, 0.05) is 38.4 Å². The predicted octanol–water partition coefficient (Wildman–Crippen LogP) is 13.3. The first-order chi connectivity index (χ1) is 27.8. The fourth-order valence-electron chi connectivity index (χ4n) is 8.37. The third-order valence-electron chi connectivity index (χ3n) is 11.0. The molecular weight excluding hydrogens is 681 g/mol. The molecule has 0 fully saturated rings. The van der Waals surface area contributed by atoms with E-state index in [0.29, 0.717) is 5.95 Å². The van der Waals surface area contributed by atoms with E-state index in [1.165, 1.54) is 38.5 Å². The van der Waals surface area contributed by atoms with Gasteiger partial charge in [-0.1, -0.05) is 158 Å². The Morgan fingerprint density at radius 1 is 0.304 bits per heavy atom. The number of nitrogens with zero attached hydrogens (tertiary/aromatic N) is 4. The molecule has 0 radical (unpaired) electrons. The van der Waals surface area contributed by atoms with Gasteiger partial charge in [-0.2, -0.15) is 0 Å². The maximum absolute atomic E-state index is 5.20. The van der Waals surface area contributed by atoms with Crippen LogP contribution in [0.1, 0.15) is 0 Å². The fourth-order valence-corrected chi connectivity index (χ4v) is 8.37. The summed E-state index contributed by atoms with van der Waals surface area (Å²) in [6.07, 6.45) is 0. The third-order valence-corrected chi connectivity index (χ3v) is 11.0. The Morgan fingerprint density at radius 2 is 0.821 bits per heavy atom.